The number of piperidine rings is 1. The van der Waals surface area contributed by atoms with Crippen molar-refractivity contribution >= 4 is 0 Å². The van der Waals surface area contributed by atoms with Gasteiger partial charge in [0.1, 0.15) is 0 Å². The normalized spacial score (nSPS) is 43.0. The van der Waals surface area contributed by atoms with Crippen LogP contribution in [0.2, 0.25) is 0 Å². The summed E-state index contributed by atoms with van der Waals surface area (Å²) in [4.78, 5) is 2.65. The molecule has 15 heavy (non-hydrogen) atoms. The van der Waals surface area contributed by atoms with Crippen LogP contribution < -0.4 is 5.73 Å². The van der Waals surface area contributed by atoms with Crippen molar-refractivity contribution in [2.24, 2.45) is 23.5 Å². The smallest absolute Gasteiger partial charge is 0.0170 e. The van der Waals surface area contributed by atoms with Gasteiger partial charge >= 0.3 is 0 Å². The van der Waals surface area contributed by atoms with Gasteiger partial charge in [0.2, 0.25) is 0 Å². The van der Waals surface area contributed by atoms with Crippen LogP contribution in [0.4, 0.5) is 0 Å². The Balaban J connectivity index is 1.80. The third kappa shape index (κ3) is 2.54. The van der Waals surface area contributed by atoms with Gasteiger partial charge in [-0.05, 0) is 37.0 Å². The lowest BCUT2D eigenvalue weighted by Crippen LogP contribution is -2.54. The van der Waals surface area contributed by atoms with Crippen molar-refractivity contribution in [3.8, 4) is 0 Å². The van der Waals surface area contributed by atoms with E-state index in [1.54, 1.807) is 0 Å². The molecule has 2 atom stereocenters. The van der Waals surface area contributed by atoms with E-state index in [1.165, 1.54) is 25.8 Å². The van der Waals surface area contributed by atoms with Crippen molar-refractivity contribution in [2.45, 2.75) is 52.1 Å². The Hall–Kier alpha value is -0.0800. The molecule has 0 aromatic carbocycles. The van der Waals surface area contributed by atoms with Gasteiger partial charge in [-0.15, -0.1) is 0 Å². The number of hydrogen-bond donors (Lipinski definition) is 1. The summed E-state index contributed by atoms with van der Waals surface area (Å²) in [6.07, 6.45) is 4.05. The molecule has 1 aliphatic heterocycles. The summed E-state index contributed by atoms with van der Waals surface area (Å²) in [6, 6.07) is 1.28. The Labute approximate surface area is 94.2 Å². The summed E-state index contributed by atoms with van der Waals surface area (Å²) >= 11 is 0. The van der Waals surface area contributed by atoms with Crippen LogP contribution in [-0.4, -0.2) is 30.1 Å². The van der Waals surface area contributed by atoms with Crippen LogP contribution >= 0.6 is 0 Å². The van der Waals surface area contributed by atoms with Gasteiger partial charge in [-0.3, -0.25) is 4.90 Å². The fourth-order valence-corrected chi connectivity index (χ4v) is 3.21. The monoisotopic (exact) mass is 210 g/mol. The minimum absolute atomic E-state index is 0.423. The molecule has 2 fully saturated rings. The summed E-state index contributed by atoms with van der Waals surface area (Å²) < 4.78 is 0. The summed E-state index contributed by atoms with van der Waals surface area (Å²) in [6.45, 7) is 9.46. The van der Waals surface area contributed by atoms with E-state index in [9.17, 15) is 0 Å². The predicted octanol–water partition coefficient (Wildman–Crippen LogP) is 2.09. The van der Waals surface area contributed by atoms with Crippen LogP contribution in [0, 0.1) is 17.8 Å². The number of hydrogen-bond acceptors (Lipinski definition) is 2. The lowest BCUT2D eigenvalue weighted by Gasteiger charge is -2.48. The zero-order chi connectivity index (χ0) is 11.0. The van der Waals surface area contributed by atoms with Gasteiger partial charge in [-0.2, -0.15) is 0 Å². The fourth-order valence-electron chi connectivity index (χ4n) is 3.21. The molecule has 88 valence electrons. The highest BCUT2D eigenvalue weighted by Gasteiger charge is 2.37. The Morgan fingerprint density at radius 2 is 1.80 bits per heavy atom. The minimum atomic E-state index is 0.423. The second kappa shape index (κ2) is 4.42. The van der Waals surface area contributed by atoms with E-state index in [-0.39, 0.29) is 0 Å². The molecule has 2 unspecified atom stereocenters. The van der Waals surface area contributed by atoms with Crippen LogP contribution in [0.1, 0.15) is 40.0 Å². The van der Waals surface area contributed by atoms with Crippen LogP contribution in [0.3, 0.4) is 0 Å². The maximum absolute atomic E-state index is 6.08. The molecule has 2 nitrogen and oxygen atoms in total. The second-order valence-corrected chi connectivity index (χ2v) is 6.18. The molecule has 0 aromatic heterocycles. The molecule has 2 aliphatic rings. The maximum atomic E-state index is 6.08. The van der Waals surface area contributed by atoms with E-state index in [4.69, 9.17) is 5.73 Å². The molecular formula is C13H26N2. The topological polar surface area (TPSA) is 29.3 Å². The van der Waals surface area contributed by atoms with E-state index in [0.29, 0.717) is 6.04 Å². The second-order valence-electron chi connectivity index (χ2n) is 6.18. The van der Waals surface area contributed by atoms with Gasteiger partial charge in [0.15, 0.2) is 0 Å². The quantitative estimate of drug-likeness (QED) is 0.756. The molecule has 0 amide bonds. The van der Waals surface area contributed by atoms with Crippen molar-refractivity contribution in [3.63, 3.8) is 0 Å². The van der Waals surface area contributed by atoms with Crippen LogP contribution in [0.5, 0.6) is 0 Å². The third-order valence-electron chi connectivity index (χ3n) is 4.33. The minimum Gasteiger partial charge on any atom is -0.327 e. The molecular weight excluding hydrogens is 184 g/mol. The first kappa shape index (κ1) is 11.4. The van der Waals surface area contributed by atoms with E-state index in [1.807, 2.05) is 0 Å². The van der Waals surface area contributed by atoms with Gasteiger partial charge in [-0.25, -0.2) is 0 Å². The third-order valence-corrected chi connectivity index (χ3v) is 4.33. The van der Waals surface area contributed by atoms with E-state index in [2.05, 4.69) is 25.7 Å². The summed E-state index contributed by atoms with van der Waals surface area (Å²) in [7, 11) is 0. The van der Waals surface area contributed by atoms with E-state index in [0.717, 1.165) is 30.3 Å². The first-order valence-corrected chi connectivity index (χ1v) is 6.56. The molecule has 1 aliphatic carbocycles. The van der Waals surface area contributed by atoms with Gasteiger partial charge in [0, 0.05) is 25.2 Å². The summed E-state index contributed by atoms with van der Waals surface area (Å²) in [5, 5.41) is 0. The van der Waals surface area contributed by atoms with Crippen molar-refractivity contribution in [1.82, 2.24) is 4.90 Å². The fraction of sp³-hybridized carbons (Fsp3) is 1.00. The molecule has 1 saturated heterocycles. The standard InChI is InChI=1S/C13H26N2/c1-9(2)11-5-13(6-11)15-7-10(3)4-12(14)8-15/h9-13H,4-8,14H2,1-3H3. The lowest BCUT2D eigenvalue weighted by atomic mass is 9.72. The predicted molar refractivity (Wildman–Crippen MR) is 64.7 cm³/mol. The number of likely N-dealkylation sites (tertiary alicyclic amines) is 1. The zero-order valence-corrected chi connectivity index (χ0v) is 10.4. The van der Waals surface area contributed by atoms with Crippen molar-refractivity contribution in [3.05, 3.63) is 0 Å². The van der Waals surface area contributed by atoms with Gasteiger partial charge in [0.05, 0.1) is 0 Å². The van der Waals surface area contributed by atoms with Gasteiger partial charge < -0.3 is 5.73 Å². The molecule has 2 N–H and O–H groups in total. The Kier molecular flexibility index (Phi) is 3.36. The van der Waals surface area contributed by atoms with Gasteiger partial charge in [-0.1, -0.05) is 20.8 Å². The average Bonchev–Trinajstić information content (AvgIpc) is 1.97. The Bertz CT molecular complexity index is 199. The van der Waals surface area contributed by atoms with Gasteiger partial charge in [0.25, 0.3) is 0 Å². The van der Waals surface area contributed by atoms with Crippen LogP contribution in [0.25, 0.3) is 0 Å². The molecule has 1 saturated carbocycles. The maximum Gasteiger partial charge on any atom is 0.0170 e. The van der Waals surface area contributed by atoms with Crippen LogP contribution in [-0.2, 0) is 0 Å². The van der Waals surface area contributed by atoms with Crippen LogP contribution in [0.15, 0.2) is 0 Å². The highest BCUT2D eigenvalue weighted by Crippen LogP contribution is 2.38. The van der Waals surface area contributed by atoms with Crippen molar-refractivity contribution in [1.29, 1.82) is 0 Å². The summed E-state index contributed by atoms with van der Waals surface area (Å²) in [5.74, 6) is 2.65. The van der Waals surface area contributed by atoms with E-state index < -0.39 is 0 Å². The average molecular weight is 210 g/mol. The lowest BCUT2D eigenvalue weighted by molar-refractivity contribution is 0.0228. The summed E-state index contributed by atoms with van der Waals surface area (Å²) in [5.41, 5.74) is 6.08. The van der Waals surface area contributed by atoms with Crippen molar-refractivity contribution in [2.75, 3.05) is 13.1 Å². The molecule has 0 spiro atoms. The highest BCUT2D eigenvalue weighted by atomic mass is 15.2. The Morgan fingerprint density at radius 3 is 2.33 bits per heavy atom. The highest BCUT2D eigenvalue weighted by molar-refractivity contribution is 4.92. The molecule has 0 radical (unpaired) electrons. The number of nitrogens with zero attached hydrogens (tertiary/aromatic N) is 1. The SMILES string of the molecule is CC1CC(N)CN(C2CC(C(C)C)C2)C1. The molecule has 0 aromatic rings. The number of nitrogens with two attached hydrogens (primary N) is 1. The number of rotatable bonds is 2. The molecule has 1 heterocycles. The van der Waals surface area contributed by atoms with Crippen molar-refractivity contribution < 1.29 is 0 Å². The first-order valence-electron chi connectivity index (χ1n) is 6.56. The van der Waals surface area contributed by atoms with E-state index >= 15 is 0 Å². The molecule has 2 heteroatoms. The Morgan fingerprint density at radius 1 is 1.13 bits per heavy atom. The first-order chi connectivity index (χ1) is 7.06. The molecule has 2 rings (SSSR count). The zero-order valence-electron chi connectivity index (χ0n) is 10.4. The molecule has 0 bridgehead atoms. The largest absolute Gasteiger partial charge is 0.327 e.